The van der Waals surface area contributed by atoms with E-state index in [2.05, 4.69) is 15.2 Å². The van der Waals surface area contributed by atoms with E-state index in [1.54, 1.807) is 18.2 Å². The van der Waals surface area contributed by atoms with Gasteiger partial charge in [-0.15, -0.1) is 0 Å². The Morgan fingerprint density at radius 3 is 2.71 bits per heavy atom. The summed E-state index contributed by atoms with van der Waals surface area (Å²) in [5.74, 6) is 0.0103. The van der Waals surface area contributed by atoms with Crippen LogP contribution in [-0.4, -0.2) is 41.1 Å². The van der Waals surface area contributed by atoms with Crippen molar-refractivity contribution >= 4 is 9.84 Å². The first-order valence-electron chi connectivity index (χ1n) is 4.94. The van der Waals surface area contributed by atoms with Gasteiger partial charge in [-0.3, -0.25) is 5.10 Å². The number of aromatic nitrogens is 3. The zero-order valence-electron chi connectivity index (χ0n) is 8.87. The predicted octanol–water partition coefficient (Wildman–Crippen LogP) is 0.238. The molecule has 0 aliphatic rings. The molecule has 0 bridgehead atoms. The van der Waals surface area contributed by atoms with Crippen molar-refractivity contribution in [2.45, 2.75) is 4.90 Å². The Morgan fingerprint density at radius 2 is 2.06 bits per heavy atom. The monoisotopic (exact) mass is 253 g/mol. The SMILES string of the molecule is O=S(=O)(CCO)c1ccccc1-c1nc[nH]n1. The molecule has 0 atom stereocenters. The molecule has 90 valence electrons. The molecule has 0 saturated carbocycles. The number of rotatable bonds is 4. The van der Waals surface area contributed by atoms with Crippen molar-refractivity contribution < 1.29 is 13.5 Å². The summed E-state index contributed by atoms with van der Waals surface area (Å²) in [7, 11) is -3.51. The topological polar surface area (TPSA) is 95.9 Å². The molecule has 2 rings (SSSR count). The summed E-state index contributed by atoms with van der Waals surface area (Å²) in [6.07, 6.45) is 1.38. The third-order valence-corrected chi connectivity index (χ3v) is 3.98. The van der Waals surface area contributed by atoms with Crippen LogP contribution in [0.2, 0.25) is 0 Å². The van der Waals surface area contributed by atoms with Gasteiger partial charge in [0.25, 0.3) is 0 Å². The lowest BCUT2D eigenvalue weighted by atomic mass is 10.2. The Bertz CT molecular complexity index is 593. The highest BCUT2D eigenvalue weighted by atomic mass is 32.2. The predicted molar refractivity (Wildman–Crippen MR) is 61.0 cm³/mol. The van der Waals surface area contributed by atoms with Crippen LogP contribution >= 0.6 is 0 Å². The minimum atomic E-state index is -3.51. The van der Waals surface area contributed by atoms with Crippen molar-refractivity contribution in [1.29, 1.82) is 0 Å². The van der Waals surface area contributed by atoms with Crippen molar-refractivity contribution in [1.82, 2.24) is 15.2 Å². The number of aliphatic hydroxyl groups excluding tert-OH is 1. The third kappa shape index (κ3) is 2.34. The fourth-order valence-electron chi connectivity index (χ4n) is 1.49. The first-order valence-corrected chi connectivity index (χ1v) is 6.59. The zero-order chi connectivity index (χ0) is 12.3. The van der Waals surface area contributed by atoms with E-state index in [1.165, 1.54) is 12.4 Å². The first-order chi connectivity index (χ1) is 8.15. The normalized spacial score (nSPS) is 11.6. The summed E-state index contributed by atoms with van der Waals surface area (Å²) in [6, 6.07) is 6.45. The van der Waals surface area contributed by atoms with Gasteiger partial charge in [-0.25, -0.2) is 13.4 Å². The maximum Gasteiger partial charge on any atom is 0.182 e. The molecular formula is C10H11N3O3S. The number of hydrogen-bond acceptors (Lipinski definition) is 5. The molecule has 0 aliphatic heterocycles. The van der Waals surface area contributed by atoms with Crippen LogP contribution in [0.4, 0.5) is 0 Å². The molecule has 7 heteroatoms. The van der Waals surface area contributed by atoms with E-state index in [1.807, 2.05) is 0 Å². The van der Waals surface area contributed by atoms with E-state index >= 15 is 0 Å². The van der Waals surface area contributed by atoms with Gasteiger partial charge in [0.05, 0.1) is 17.3 Å². The quantitative estimate of drug-likeness (QED) is 0.813. The number of sulfone groups is 1. The number of benzene rings is 1. The van der Waals surface area contributed by atoms with E-state index < -0.39 is 16.4 Å². The number of nitrogens with one attached hydrogen (secondary N) is 1. The number of H-pyrrole nitrogens is 1. The molecule has 0 spiro atoms. The van der Waals surface area contributed by atoms with Gasteiger partial charge in [0.1, 0.15) is 6.33 Å². The fraction of sp³-hybridized carbons (Fsp3) is 0.200. The molecule has 0 fully saturated rings. The minimum absolute atomic E-state index is 0.133. The van der Waals surface area contributed by atoms with E-state index in [0.29, 0.717) is 11.4 Å². The van der Waals surface area contributed by atoms with Gasteiger partial charge in [-0.2, -0.15) is 5.10 Å². The maximum atomic E-state index is 11.9. The Hall–Kier alpha value is -1.73. The third-order valence-electron chi connectivity index (χ3n) is 2.24. The van der Waals surface area contributed by atoms with Crippen LogP contribution in [0.1, 0.15) is 0 Å². The van der Waals surface area contributed by atoms with E-state index in [4.69, 9.17) is 5.11 Å². The first kappa shape index (κ1) is 11.7. The van der Waals surface area contributed by atoms with Crippen molar-refractivity contribution in [2.24, 2.45) is 0 Å². The number of aromatic amines is 1. The number of aliphatic hydroxyl groups is 1. The lowest BCUT2D eigenvalue weighted by molar-refractivity contribution is 0.319. The smallest absolute Gasteiger partial charge is 0.182 e. The molecule has 1 heterocycles. The Balaban J connectivity index is 2.56. The molecule has 1 aromatic carbocycles. The van der Waals surface area contributed by atoms with Crippen LogP contribution < -0.4 is 0 Å². The van der Waals surface area contributed by atoms with Gasteiger partial charge in [-0.05, 0) is 12.1 Å². The molecular weight excluding hydrogens is 242 g/mol. The van der Waals surface area contributed by atoms with Crippen LogP contribution in [0.5, 0.6) is 0 Å². The van der Waals surface area contributed by atoms with Gasteiger partial charge in [0, 0.05) is 5.56 Å². The van der Waals surface area contributed by atoms with Crippen molar-refractivity contribution in [3.05, 3.63) is 30.6 Å². The van der Waals surface area contributed by atoms with Crippen LogP contribution in [0.25, 0.3) is 11.4 Å². The van der Waals surface area contributed by atoms with Crippen molar-refractivity contribution in [3.63, 3.8) is 0 Å². The Kier molecular flexibility index (Phi) is 3.21. The van der Waals surface area contributed by atoms with Gasteiger partial charge in [0.15, 0.2) is 15.7 Å². The lowest BCUT2D eigenvalue weighted by Gasteiger charge is -2.06. The second kappa shape index (κ2) is 4.64. The minimum Gasteiger partial charge on any atom is -0.395 e. The van der Waals surface area contributed by atoms with E-state index in [9.17, 15) is 8.42 Å². The highest BCUT2D eigenvalue weighted by Crippen LogP contribution is 2.24. The number of nitrogens with zero attached hydrogens (tertiary/aromatic N) is 2. The van der Waals surface area contributed by atoms with Gasteiger partial charge in [-0.1, -0.05) is 12.1 Å². The summed E-state index contributed by atoms with van der Waals surface area (Å²) in [5, 5.41) is 15.2. The maximum absolute atomic E-state index is 11.9. The summed E-state index contributed by atoms with van der Waals surface area (Å²) >= 11 is 0. The summed E-state index contributed by atoms with van der Waals surface area (Å²) in [5.41, 5.74) is 0.433. The fourth-order valence-corrected chi connectivity index (χ4v) is 2.73. The molecule has 1 aromatic heterocycles. The average Bonchev–Trinajstić information content (AvgIpc) is 2.82. The zero-order valence-corrected chi connectivity index (χ0v) is 9.68. The summed E-state index contributed by atoms with van der Waals surface area (Å²) in [4.78, 5) is 4.06. The van der Waals surface area contributed by atoms with Crippen LogP contribution in [-0.2, 0) is 9.84 Å². The molecule has 0 aliphatic carbocycles. The molecule has 2 aromatic rings. The highest BCUT2D eigenvalue weighted by Gasteiger charge is 2.19. The van der Waals surface area contributed by atoms with Crippen molar-refractivity contribution in [2.75, 3.05) is 12.4 Å². The van der Waals surface area contributed by atoms with Gasteiger partial charge < -0.3 is 5.11 Å². The molecule has 6 nitrogen and oxygen atoms in total. The molecule has 2 N–H and O–H groups in total. The lowest BCUT2D eigenvalue weighted by Crippen LogP contribution is -2.11. The molecule has 0 saturated heterocycles. The van der Waals surface area contributed by atoms with Gasteiger partial charge in [0.2, 0.25) is 0 Å². The average molecular weight is 253 g/mol. The summed E-state index contributed by atoms with van der Waals surface area (Å²) in [6.45, 7) is -0.412. The second-order valence-electron chi connectivity index (χ2n) is 3.36. The van der Waals surface area contributed by atoms with Gasteiger partial charge >= 0.3 is 0 Å². The molecule has 17 heavy (non-hydrogen) atoms. The molecule has 0 unspecified atom stereocenters. The van der Waals surface area contributed by atoms with Crippen LogP contribution in [0, 0.1) is 0 Å². The Morgan fingerprint density at radius 1 is 1.29 bits per heavy atom. The van der Waals surface area contributed by atoms with E-state index in [-0.39, 0.29) is 10.6 Å². The van der Waals surface area contributed by atoms with Crippen molar-refractivity contribution in [3.8, 4) is 11.4 Å². The Labute approximate surface area is 98.3 Å². The highest BCUT2D eigenvalue weighted by molar-refractivity contribution is 7.91. The standard InChI is InChI=1S/C10H11N3O3S/c14-5-6-17(15,16)9-4-2-1-3-8(9)10-11-7-12-13-10/h1-4,7,14H,5-6H2,(H,11,12,13). The molecule has 0 radical (unpaired) electrons. The molecule has 0 amide bonds. The van der Waals surface area contributed by atoms with Crippen LogP contribution in [0.15, 0.2) is 35.5 Å². The summed E-state index contributed by atoms with van der Waals surface area (Å²) < 4.78 is 23.8. The number of hydrogen-bond donors (Lipinski definition) is 2. The van der Waals surface area contributed by atoms with Crippen LogP contribution in [0.3, 0.4) is 0 Å². The second-order valence-corrected chi connectivity index (χ2v) is 5.44. The largest absolute Gasteiger partial charge is 0.395 e. The van der Waals surface area contributed by atoms with E-state index in [0.717, 1.165) is 0 Å².